The van der Waals surface area contributed by atoms with Crippen LogP contribution in [-0.4, -0.2) is 23.7 Å². The van der Waals surface area contributed by atoms with E-state index in [-0.39, 0.29) is 6.17 Å². The molecule has 0 aliphatic carbocycles. The zero-order chi connectivity index (χ0) is 15.8. The van der Waals surface area contributed by atoms with E-state index in [1.807, 2.05) is 18.2 Å². The first-order chi connectivity index (χ1) is 11.2. The van der Waals surface area contributed by atoms with Crippen molar-refractivity contribution >= 4 is 17.8 Å². The number of fused-ring (bicyclic) bond motifs is 2. The van der Waals surface area contributed by atoms with Crippen molar-refractivity contribution in [2.45, 2.75) is 31.6 Å². The maximum absolute atomic E-state index is 6.30. The smallest absolute Gasteiger partial charge is 0.136 e. The summed E-state index contributed by atoms with van der Waals surface area (Å²) in [5, 5.41) is 6.57. The Morgan fingerprint density at radius 2 is 2.00 bits per heavy atom. The number of hydrogen-bond acceptors (Lipinski definition) is 3. The highest BCUT2D eigenvalue weighted by atomic mass is 35.5. The van der Waals surface area contributed by atoms with Gasteiger partial charge in [0.15, 0.2) is 0 Å². The van der Waals surface area contributed by atoms with Crippen LogP contribution in [0, 0.1) is 0 Å². The molecular formula is C19H20ClN3. The second-order valence-corrected chi connectivity index (χ2v) is 6.68. The lowest BCUT2D eigenvalue weighted by atomic mass is 10.1. The van der Waals surface area contributed by atoms with Crippen LogP contribution < -0.4 is 15.9 Å². The van der Waals surface area contributed by atoms with E-state index in [9.17, 15) is 0 Å². The Kier molecular flexibility index (Phi) is 3.83. The first-order valence-corrected chi connectivity index (χ1v) is 8.51. The van der Waals surface area contributed by atoms with Crippen molar-refractivity contribution in [2.24, 2.45) is 4.99 Å². The molecule has 0 saturated carbocycles. The third-order valence-corrected chi connectivity index (χ3v) is 5.09. The van der Waals surface area contributed by atoms with Gasteiger partial charge in [-0.3, -0.25) is 4.99 Å². The lowest BCUT2D eigenvalue weighted by Gasteiger charge is -2.28. The largest absolute Gasteiger partial charge is 0.354 e. The summed E-state index contributed by atoms with van der Waals surface area (Å²) in [5.41, 5.74) is 1.31. The molecule has 4 rings (SSSR count). The third-order valence-electron chi connectivity index (χ3n) is 4.76. The van der Waals surface area contributed by atoms with Crippen molar-refractivity contribution in [1.29, 1.82) is 0 Å². The molecule has 4 heteroatoms. The van der Waals surface area contributed by atoms with E-state index in [0.29, 0.717) is 12.1 Å². The van der Waals surface area contributed by atoms with Crippen LogP contribution in [0.3, 0.4) is 0 Å². The van der Waals surface area contributed by atoms with Crippen LogP contribution >= 0.6 is 11.6 Å². The standard InChI is InChI=1S/C19H20ClN3/c1-13(14-6-3-2-4-7-14)21-18-10-11-23-12-15-16(20)8-5-9-17(15)22-19(18)23/h2-9,12-13,18-19,21H,10-11H2,1H3. The van der Waals surface area contributed by atoms with Gasteiger partial charge < -0.3 is 10.2 Å². The molecule has 2 aromatic rings. The average Bonchev–Trinajstić information content (AvgIpc) is 2.96. The molecule has 3 nitrogen and oxygen atoms in total. The van der Waals surface area contributed by atoms with Gasteiger partial charge in [-0.15, -0.1) is 0 Å². The van der Waals surface area contributed by atoms with Gasteiger partial charge in [-0.25, -0.2) is 0 Å². The molecule has 118 valence electrons. The molecule has 23 heavy (non-hydrogen) atoms. The van der Waals surface area contributed by atoms with Crippen LogP contribution in [0.25, 0.3) is 6.20 Å². The maximum atomic E-state index is 6.30. The molecular weight excluding hydrogens is 306 g/mol. The first kappa shape index (κ1) is 14.7. The van der Waals surface area contributed by atoms with Crippen molar-refractivity contribution in [3.05, 3.63) is 69.7 Å². The van der Waals surface area contributed by atoms with Crippen LogP contribution in [0.4, 0.5) is 0 Å². The Hall–Kier alpha value is -1.84. The quantitative estimate of drug-likeness (QED) is 0.938. The van der Waals surface area contributed by atoms with Crippen molar-refractivity contribution in [2.75, 3.05) is 6.54 Å². The van der Waals surface area contributed by atoms with Crippen LogP contribution in [0.5, 0.6) is 0 Å². The summed E-state index contributed by atoms with van der Waals surface area (Å²) in [5.74, 6) is 0. The van der Waals surface area contributed by atoms with Crippen LogP contribution in [0.15, 0.2) is 53.5 Å². The summed E-state index contributed by atoms with van der Waals surface area (Å²) in [6.45, 7) is 3.23. The van der Waals surface area contributed by atoms with Crippen LogP contribution in [0.2, 0.25) is 5.02 Å². The molecule has 1 saturated heterocycles. The van der Waals surface area contributed by atoms with Crippen LogP contribution in [0.1, 0.15) is 24.9 Å². The van der Waals surface area contributed by atoms with Gasteiger partial charge in [0.1, 0.15) is 6.17 Å². The van der Waals surface area contributed by atoms with Gasteiger partial charge in [0, 0.05) is 30.0 Å². The van der Waals surface area contributed by atoms with Gasteiger partial charge >= 0.3 is 0 Å². The van der Waals surface area contributed by atoms with Gasteiger partial charge in [-0.05, 0) is 31.0 Å². The summed E-state index contributed by atoms with van der Waals surface area (Å²) in [4.78, 5) is 7.25. The average molecular weight is 326 g/mol. The number of benzene rings is 2. The zero-order valence-electron chi connectivity index (χ0n) is 13.1. The minimum Gasteiger partial charge on any atom is -0.354 e. The number of nitrogens with one attached hydrogen (secondary N) is 1. The van der Waals surface area contributed by atoms with Crippen molar-refractivity contribution in [3.63, 3.8) is 0 Å². The summed E-state index contributed by atoms with van der Waals surface area (Å²) >= 11 is 6.30. The Balaban J connectivity index is 1.59. The van der Waals surface area contributed by atoms with E-state index < -0.39 is 0 Å². The molecule has 0 aromatic heterocycles. The fraction of sp³-hybridized carbons (Fsp3) is 0.316. The molecule has 1 fully saturated rings. The third kappa shape index (κ3) is 2.75. The summed E-state index contributed by atoms with van der Waals surface area (Å²) in [6.07, 6.45) is 3.42. The normalized spacial score (nSPS) is 23.5. The molecule has 2 aliphatic rings. The minimum atomic E-state index is 0.159. The zero-order valence-corrected chi connectivity index (χ0v) is 13.9. The van der Waals surface area contributed by atoms with Gasteiger partial charge in [0.05, 0.1) is 10.4 Å². The maximum Gasteiger partial charge on any atom is 0.136 e. The molecule has 3 atom stereocenters. The predicted octanol–water partition coefficient (Wildman–Crippen LogP) is 2.46. The van der Waals surface area contributed by atoms with Crippen molar-refractivity contribution < 1.29 is 0 Å². The molecule has 2 aliphatic heterocycles. The van der Waals surface area contributed by atoms with Gasteiger partial charge in [0.25, 0.3) is 0 Å². The molecule has 0 radical (unpaired) electrons. The molecule has 2 heterocycles. The number of halogens is 1. The Labute approximate surface area is 141 Å². The SMILES string of the molecule is CC(NC1CCN2C=c3c(Cl)cccc3=NC12)c1ccccc1. The summed E-state index contributed by atoms with van der Waals surface area (Å²) < 4.78 is 0. The number of nitrogens with zero attached hydrogens (tertiary/aromatic N) is 2. The van der Waals surface area contributed by atoms with E-state index in [1.165, 1.54) is 5.56 Å². The molecule has 0 amide bonds. The highest BCUT2D eigenvalue weighted by Crippen LogP contribution is 2.24. The Morgan fingerprint density at radius 1 is 1.17 bits per heavy atom. The summed E-state index contributed by atoms with van der Waals surface area (Å²) in [7, 11) is 0. The highest BCUT2D eigenvalue weighted by molar-refractivity contribution is 6.30. The fourth-order valence-corrected chi connectivity index (χ4v) is 3.73. The lowest BCUT2D eigenvalue weighted by molar-refractivity contribution is 0.321. The van der Waals surface area contributed by atoms with E-state index in [4.69, 9.17) is 16.6 Å². The van der Waals surface area contributed by atoms with Crippen molar-refractivity contribution in [1.82, 2.24) is 10.2 Å². The van der Waals surface area contributed by atoms with Gasteiger partial charge in [0.2, 0.25) is 0 Å². The molecule has 0 spiro atoms. The Bertz CT molecular complexity index is 818. The number of rotatable bonds is 3. The molecule has 0 bridgehead atoms. The molecule has 1 N–H and O–H groups in total. The predicted molar refractivity (Wildman–Crippen MR) is 93.6 cm³/mol. The van der Waals surface area contributed by atoms with Crippen molar-refractivity contribution in [3.8, 4) is 0 Å². The van der Waals surface area contributed by atoms with Crippen LogP contribution in [-0.2, 0) is 0 Å². The molecule has 3 unspecified atom stereocenters. The first-order valence-electron chi connectivity index (χ1n) is 8.13. The second-order valence-electron chi connectivity index (χ2n) is 6.28. The van der Waals surface area contributed by atoms with E-state index >= 15 is 0 Å². The van der Waals surface area contributed by atoms with E-state index in [0.717, 1.165) is 28.6 Å². The minimum absolute atomic E-state index is 0.159. The number of hydrogen-bond donors (Lipinski definition) is 1. The lowest BCUT2D eigenvalue weighted by Crippen LogP contribution is -2.46. The topological polar surface area (TPSA) is 27.6 Å². The van der Waals surface area contributed by atoms with E-state index in [1.54, 1.807) is 0 Å². The second kappa shape index (κ2) is 5.99. The van der Waals surface area contributed by atoms with Gasteiger partial charge in [-0.2, -0.15) is 0 Å². The summed E-state index contributed by atoms with van der Waals surface area (Å²) in [6, 6.07) is 17.2. The Morgan fingerprint density at radius 3 is 2.83 bits per heavy atom. The molecule has 2 aromatic carbocycles. The monoisotopic (exact) mass is 325 g/mol. The fourth-order valence-electron chi connectivity index (χ4n) is 3.51. The highest BCUT2D eigenvalue weighted by Gasteiger charge is 2.34. The van der Waals surface area contributed by atoms with Gasteiger partial charge in [-0.1, -0.05) is 48.0 Å². The van der Waals surface area contributed by atoms with E-state index in [2.05, 4.69) is 53.7 Å².